The first-order valence-corrected chi connectivity index (χ1v) is 9.70. The number of hydrogen-bond acceptors (Lipinski definition) is 7. The lowest BCUT2D eigenvalue weighted by molar-refractivity contribution is 0.303. The molecule has 0 bridgehead atoms. The van der Waals surface area contributed by atoms with Gasteiger partial charge in [0, 0.05) is 31.5 Å². The number of aromatic nitrogens is 5. The third kappa shape index (κ3) is 4.53. The number of aromatic amines is 1. The number of imidazole rings is 1. The van der Waals surface area contributed by atoms with E-state index < -0.39 is 11.2 Å². The number of H-pyrrole nitrogens is 1. The Morgan fingerprint density at radius 1 is 1.19 bits per heavy atom. The van der Waals surface area contributed by atoms with E-state index in [4.69, 9.17) is 4.74 Å². The normalized spacial score (nSPS) is 11.3. The van der Waals surface area contributed by atoms with Crippen molar-refractivity contribution >= 4 is 23.3 Å². The average Bonchev–Trinajstić information content (AvgIpc) is 3.16. The largest absolute Gasteiger partial charge is 0.494 e. The van der Waals surface area contributed by atoms with Crippen molar-refractivity contribution in [1.82, 2.24) is 24.1 Å². The van der Waals surface area contributed by atoms with Crippen LogP contribution in [-0.2, 0) is 13.6 Å². The second-order valence-electron chi connectivity index (χ2n) is 6.75. The lowest BCUT2D eigenvalue weighted by Gasteiger charge is -2.09. The quantitative estimate of drug-likeness (QED) is 0.255. The maximum absolute atomic E-state index is 12.5. The molecule has 1 aromatic carbocycles. The summed E-state index contributed by atoms with van der Waals surface area (Å²) in [6.07, 6.45) is 5.56. The highest BCUT2D eigenvalue weighted by Crippen LogP contribution is 2.16. The van der Waals surface area contributed by atoms with Gasteiger partial charge in [0.05, 0.1) is 12.8 Å². The monoisotopic (exact) mass is 419 g/mol. The molecular weight excluding hydrogens is 398 g/mol. The molecule has 31 heavy (non-hydrogen) atoms. The van der Waals surface area contributed by atoms with Gasteiger partial charge in [-0.05, 0) is 24.6 Å². The van der Waals surface area contributed by atoms with Crippen molar-refractivity contribution in [1.29, 1.82) is 0 Å². The van der Waals surface area contributed by atoms with Gasteiger partial charge < -0.3 is 9.30 Å². The van der Waals surface area contributed by atoms with Gasteiger partial charge in [0.2, 0.25) is 5.95 Å². The van der Waals surface area contributed by atoms with E-state index in [-0.39, 0.29) is 5.65 Å². The van der Waals surface area contributed by atoms with E-state index in [9.17, 15) is 9.59 Å². The molecule has 158 valence electrons. The molecular formula is C21H21N7O3. The van der Waals surface area contributed by atoms with Crippen LogP contribution in [0.5, 0.6) is 5.75 Å². The van der Waals surface area contributed by atoms with Crippen molar-refractivity contribution in [2.45, 2.75) is 13.0 Å². The third-order valence-corrected chi connectivity index (χ3v) is 4.61. The van der Waals surface area contributed by atoms with Gasteiger partial charge in [0.25, 0.3) is 5.56 Å². The molecule has 10 heteroatoms. The van der Waals surface area contributed by atoms with E-state index >= 15 is 0 Å². The number of ether oxygens (including phenoxy) is 1. The van der Waals surface area contributed by atoms with Crippen LogP contribution in [0.3, 0.4) is 0 Å². The molecule has 0 aliphatic heterocycles. The highest BCUT2D eigenvalue weighted by Gasteiger charge is 2.17. The minimum atomic E-state index is -0.528. The van der Waals surface area contributed by atoms with E-state index in [1.165, 1.54) is 4.57 Å². The third-order valence-electron chi connectivity index (χ3n) is 4.61. The number of hydrazone groups is 1. The standard InChI is InChI=1S/C21H21N7O3/c1-27-18-17(19(29)25-21(27)30)28(11-6-12-31-16-8-3-2-4-9-16)20(24-18)26-23-14-15-7-5-10-22-13-15/h2-5,7-10,13-14H,6,11-12H2,1H3,(H,24,26)(H,25,29,30)/b23-14+. The molecule has 0 saturated carbocycles. The molecule has 0 amide bonds. The van der Waals surface area contributed by atoms with Crippen molar-refractivity contribution in [3.8, 4) is 5.75 Å². The number of benzene rings is 1. The smallest absolute Gasteiger partial charge is 0.329 e. The van der Waals surface area contributed by atoms with Crippen molar-refractivity contribution in [2.24, 2.45) is 12.1 Å². The Balaban J connectivity index is 1.58. The summed E-state index contributed by atoms with van der Waals surface area (Å²) in [5.74, 6) is 1.12. The number of hydrogen-bond donors (Lipinski definition) is 2. The number of nitrogens with one attached hydrogen (secondary N) is 2. The Hall–Kier alpha value is -4.21. The second kappa shape index (κ2) is 9.08. The number of nitrogens with zero attached hydrogens (tertiary/aromatic N) is 5. The number of para-hydroxylation sites is 1. The molecule has 4 aromatic rings. The summed E-state index contributed by atoms with van der Waals surface area (Å²) in [6, 6.07) is 13.2. The molecule has 0 fully saturated rings. The Kier molecular flexibility index (Phi) is 5.88. The predicted octanol–water partition coefficient (Wildman–Crippen LogP) is 1.73. The first-order chi connectivity index (χ1) is 15.1. The topological polar surface area (TPSA) is 119 Å². The molecule has 0 atom stereocenters. The maximum atomic E-state index is 12.5. The van der Waals surface area contributed by atoms with Gasteiger partial charge in [0.1, 0.15) is 5.75 Å². The fourth-order valence-corrected chi connectivity index (χ4v) is 3.08. The molecule has 10 nitrogen and oxygen atoms in total. The van der Waals surface area contributed by atoms with Crippen LogP contribution in [0.2, 0.25) is 0 Å². The van der Waals surface area contributed by atoms with Gasteiger partial charge in [-0.3, -0.25) is 19.3 Å². The van der Waals surface area contributed by atoms with Crippen molar-refractivity contribution in [2.75, 3.05) is 12.0 Å². The number of pyridine rings is 1. The van der Waals surface area contributed by atoms with Crippen LogP contribution in [-0.4, -0.2) is 36.9 Å². The number of anilines is 1. The lowest BCUT2D eigenvalue weighted by atomic mass is 10.3. The summed E-state index contributed by atoms with van der Waals surface area (Å²) < 4.78 is 8.73. The summed E-state index contributed by atoms with van der Waals surface area (Å²) in [6.45, 7) is 0.890. The molecule has 0 unspecified atom stereocenters. The minimum absolute atomic E-state index is 0.275. The molecule has 0 aliphatic rings. The predicted molar refractivity (Wildman–Crippen MR) is 118 cm³/mol. The molecule has 4 rings (SSSR count). The zero-order valence-corrected chi connectivity index (χ0v) is 16.9. The van der Waals surface area contributed by atoms with E-state index in [1.54, 1.807) is 36.3 Å². The van der Waals surface area contributed by atoms with E-state index in [0.717, 1.165) is 11.3 Å². The number of aryl methyl sites for hydroxylation is 2. The van der Waals surface area contributed by atoms with Crippen LogP contribution in [0.25, 0.3) is 11.2 Å². The second-order valence-corrected chi connectivity index (χ2v) is 6.75. The Morgan fingerprint density at radius 2 is 2.03 bits per heavy atom. The highest BCUT2D eigenvalue weighted by molar-refractivity contribution is 5.80. The fourth-order valence-electron chi connectivity index (χ4n) is 3.08. The Labute approximate surface area is 176 Å². The van der Waals surface area contributed by atoms with Gasteiger partial charge in [-0.25, -0.2) is 10.2 Å². The van der Waals surface area contributed by atoms with Crippen molar-refractivity contribution in [3.05, 3.63) is 81.3 Å². The van der Waals surface area contributed by atoms with Crippen LogP contribution in [0.15, 0.2) is 69.5 Å². The van der Waals surface area contributed by atoms with Gasteiger partial charge in [-0.15, -0.1) is 0 Å². The van der Waals surface area contributed by atoms with E-state index in [2.05, 4.69) is 25.5 Å². The SMILES string of the molecule is Cn1c(=O)[nH]c(=O)c2c1nc(N/N=C/c1cccnc1)n2CCCOc1ccccc1. The van der Waals surface area contributed by atoms with Gasteiger partial charge >= 0.3 is 5.69 Å². The maximum Gasteiger partial charge on any atom is 0.329 e. The first-order valence-electron chi connectivity index (χ1n) is 9.70. The van der Waals surface area contributed by atoms with E-state index in [1.807, 2.05) is 36.4 Å². The Bertz CT molecular complexity index is 1310. The van der Waals surface area contributed by atoms with Crippen LogP contribution < -0.4 is 21.4 Å². The van der Waals surface area contributed by atoms with Crippen LogP contribution in [0, 0.1) is 0 Å². The first kappa shape index (κ1) is 20.1. The molecule has 0 saturated heterocycles. The molecule has 0 aliphatic carbocycles. The molecule has 3 aromatic heterocycles. The highest BCUT2D eigenvalue weighted by atomic mass is 16.5. The summed E-state index contributed by atoms with van der Waals surface area (Å²) >= 11 is 0. The summed E-state index contributed by atoms with van der Waals surface area (Å²) in [5, 5.41) is 4.20. The van der Waals surface area contributed by atoms with Gasteiger partial charge in [0.15, 0.2) is 11.2 Å². The number of rotatable bonds is 8. The average molecular weight is 419 g/mol. The lowest BCUT2D eigenvalue weighted by Crippen LogP contribution is -2.29. The van der Waals surface area contributed by atoms with Crippen LogP contribution in [0.4, 0.5) is 5.95 Å². The molecule has 2 N–H and O–H groups in total. The summed E-state index contributed by atoms with van der Waals surface area (Å²) in [7, 11) is 1.55. The van der Waals surface area contributed by atoms with Crippen molar-refractivity contribution < 1.29 is 4.74 Å². The van der Waals surface area contributed by atoms with Crippen LogP contribution >= 0.6 is 0 Å². The summed E-state index contributed by atoms with van der Waals surface area (Å²) in [5.41, 5.74) is 3.21. The number of fused-ring (bicyclic) bond motifs is 1. The van der Waals surface area contributed by atoms with E-state index in [0.29, 0.717) is 31.0 Å². The van der Waals surface area contributed by atoms with Gasteiger partial charge in [-0.1, -0.05) is 24.3 Å². The Morgan fingerprint density at radius 3 is 2.81 bits per heavy atom. The van der Waals surface area contributed by atoms with Crippen molar-refractivity contribution in [3.63, 3.8) is 0 Å². The molecule has 3 heterocycles. The minimum Gasteiger partial charge on any atom is -0.494 e. The zero-order valence-electron chi connectivity index (χ0n) is 16.9. The summed E-state index contributed by atoms with van der Waals surface area (Å²) in [4.78, 5) is 35.3. The van der Waals surface area contributed by atoms with Crippen LogP contribution in [0.1, 0.15) is 12.0 Å². The zero-order chi connectivity index (χ0) is 21.6. The molecule has 0 spiro atoms. The van der Waals surface area contributed by atoms with Gasteiger partial charge in [-0.2, -0.15) is 10.1 Å². The fraction of sp³-hybridized carbons (Fsp3) is 0.190. The molecule has 0 radical (unpaired) electrons.